The maximum Gasteiger partial charge on any atom is 0.338 e. The fourth-order valence-corrected chi connectivity index (χ4v) is 3.50. The highest BCUT2D eigenvalue weighted by Gasteiger charge is 2.09. The van der Waals surface area contributed by atoms with E-state index < -0.39 is 0 Å². The molecule has 0 saturated carbocycles. The molecule has 128 valence electrons. The number of hydrogen-bond donors (Lipinski definition) is 0. The Balaban J connectivity index is 1.68. The standard InChI is InChI=1S/C21H21NO2S/c1-14(2)24-21(23)17-10-8-16(9-11-17)13-25-20-12-15(3)18-6-4-5-7-19(18)22-20/h4-12,14H,13H2,1-3H3. The molecule has 0 atom stereocenters. The minimum Gasteiger partial charge on any atom is -0.459 e. The quantitative estimate of drug-likeness (QED) is 0.456. The van der Waals surface area contributed by atoms with Crippen LogP contribution < -0.4 is 0 Å². The van der Waals surface area contributed by atoms with Gasteiger partial charge in [-0.3, -0.25) is 0 Å². The topological polar surface area (TPSA) is 39.2 Å². The van der Waals surface area contributed by atoms with Crippen LogP contribution in [0.2, 0.25) is 0 Å². The van der Waals surface area contributed by atoms with E-state index in [2.05, 4.69) is 19.1 Å². The first-order valence-corrected chi connectivity index (χ1v) is 9.30. The van der Waals surface area contributed by atoms with E-state index in [1.54, 1.807) is 11.8 Å². The van der Waals surface area contributed by atoms with Crippen molar-refractivity contribution in [2.24, 2.45) is 0 Å². The van der Waals surface area contributed by atoms with E-state index in [1.807, 2.05) is 56.3 Å². The van der Waals surface area contributed by atoms with Crippen LogP contribution in [-0.2, 0) is 10.5 Å². The van der Waals surface area contributed by atoms with Gasteiger partial charge >= 0.3 is 5.97 Å². The van der Waals surface area contributed by atoms with Crippen LogP contribution in [0.1, 0.15) is 35.3 Å². The van der Waals surface area contributed by atoms with Crippen LogP contribution in [-0.4, -0.2) is 17.1 Å². The fourth-order valence-electron chi connectivity index (χ4n) is 2.57. The summed E-state index contributed by atoms with van der Waals surface area (Å²) in [5, 5.41) is 2.21. The van der Waals surface area contributed by atoms with Crippen molar-refractivity contribution in [3.8, 4) is 0 Å². The van der Waals surface area contributed by atoms with E-state index in [1.165, 1.54) is 10.9 Å². The Kier molecular flexibility index (Phi) is 5.39. The molecule has 0 saturated heterocycles. The lowest BCUT2D eigenvalue weighted by Gasteiger charge is -2.09. The molecule has 0 fully saturated rings. The van der Waals surface area contributed by atoms with Crippen molar-refractivity contribution in [2.45, 2.75) is 37.7 Å². The van der Waals surface area contributed by atoms with E-state index >= 15 is 0 Å². The highest BCUT2D eigenvalue weighted by Crippen LogP contribution is 2.26. The number of hydrogen-bond acceptors (Lipinski definition) is 4. The van der Waals surface area contributed by atoms with E-state index in [0.717, 1.165) is 21.9 Å². The van der Waals surface area contributed by atoms with Crippen molar-refractivity contribution < 1.29 is 9.53 Å². The summed E-state index contributed by atoms with van der Waals surface area (Å²) in [6, 6.07) is 17.9. The van der Waals surface area contributed by atoms with Crippen molar-refractivity contribution in [3.63, 3.8) is 0 Å². The van der Waals surface area contributed by atoms with Gasteiger partial charge in [-0.2, -0.15) is 0 Å². The van der Waals surface area contributed by atoms with Crippen LogP contribution in [0.4, 0.5) is 0 Å². The second-order valence-electron chi connectivity index (χ2n) is 6.23. The molecule has 3 aromatic rings. The minimum absolute atomic E-state index is 0.107. The second kappa shape index (κ2) is 7.70. The SMILES string of the molecule is Cc1cc(SCc2ccc(C(=O)OC(C)C)cc2)nc2ccccc12. The molecule has 0 radical (unpaired) electrons. The molecular weight excluding hydrogens is 330 g/mol. The summed E-state index contributed by atoms with van der Waals surface area (Å²) in [5.74, 6) is 0.533. The Labute approximate surface area is 152 Å². The van der Waals surface area contributed by atoms with Gasteiger partial charge in [-0.25, -0.2) is 9.78 Å². The summed E-state index contributed by atoms with van der Waals surface area (Å²) in [5.41, 5.74) is 4.00. The molecule has 0 aliphatic rings. The van der Waals surface area contributed by atoms with Gasteiger partial charge in [0.05, 0.1) is 22.2 Å². The Morgan fingerprint density at radius 3 is 2.56 bits per heavy atom. The first kappa shape index (κ1) is 17.5. The lowest BCUT2D eigenvalue weighted by atomic mass is 10.1. The molecule has 1 aromatic heterocycles. The highest BCUT2D eigenvalue weighted by atomic mass is 32.2. The lowest BCUT2D eigenvalue weighted by Crippen LogP contribution is -2.11. The molecule has 1 heterocycles. The van der Waals surface area contributed by atoms with E-state index in [-0.39, 0.29) is 12.1 Å². The fraction of sp³-hybridized carbons (Fsp3) is 0.238. The van der Waals surface area contributed by atoms with Crippen molar-refractivity contribution in [1.82, 2.24) is 4.98 Å². The van der Waals surface area contributed by atoms with Crippen LogP contribution in [0, 0.1) is 6.92 Å². The molecule has 0 amide bonds. The van der Waals surface area contributed by atoms with Gasteiger partial charge < -0.3 is 4.74 Å². The van der Waals surface area contributed by atoms with Crippen molar-refractivity contribution in [2.75, 3.05) is 0 Å². The summed E-state index contributed by atoms with van der Waals surface area (Å²) >= 11 is 1.70. The molecule has 0 N–H and O–H groups in total. The summed E-state index contributed by atoms with van der Waals surface area (Å²) in [4.78, 5) is 16.6. The second-order valence-corrected chi connectivity index (χ2v) is 7.23. The van der Waals surface area contributed by atoms with Crippen molar-refractivity contribution >= 4 is 28.6 Å². The number of para-hydroxylation sites is 1. The molecule has 0 spiro atoms. The number of carbonyl (C=O) groups is 1. The van der Waals surface area contributed by atoms with Gasteiger partial charge in [0.25, 0.3) is 0 Å². The zero-order chi connectivity index (χ0) is 17.8. The van der Waals surface area contributed by atoms with Gasteiger partial charge in [0.2, 0.25) is 0 Å². The Morgan fingerprint density at radius 2 is 1.84 bits per heavy atom. The maximum absolute atomic E-state index is 11.9. The number of rotatable bonds is 5. The summed E-state index contributed by atoms with van der Waals surface area (Å²) < 4.78 is 5.21. The zero-order valence-electron chi connectivity index (χ0n) is 14.7. The molecule has 0 unspecified atom stereocenters. The normalized spacial score (nSPS) is 11.0. The summed E-state index contributed by atoms with van der Waals surface area (Å²) in [7, 11) is 0. The molecule has 0 bridgehead atoms. The predicted molar refractivity (Wildman–Crippen MR) is 103 cm³/mol. The van der Waals surface area contributed by atoms with Gasteiger partial charge in [0.15, 0.2) is 0 Å². The number of fused-ring (bicyclic) bond motifs is 1. The average molecular weight is 351 g/mol. The van der Waals surface area contributed by atoms with E-state index in [0.29, 0.717) is 5.56 Å². The largest absolute Gasteiger partial charge is 0.459 e. The Morgan fingerprint density at radius 1 is 1.12 bits per heavy atom. The van der Waals surface area contributed by atoms with E-state index in [9.17, 15) is 4.79 Å². The third-order valence-electron chi connectivity index (χ3n) is 3.82. The number of aryl methyl sites for hydroxylation is 1. The molecule has 2 aromatic carbocycles. The highest BCUT2D eigenvalue weighted by molar-refractivity contribution is 7.98. The van der Waals surface area contributed by atoms with Gasteiger partial charge in [-0.1, -0.05) is 30.3 Å². The molecule has 0 aliphatic carbocycles. The van der Waals surface area contributed by atoms with Gasteiger partial charge in [0, 0.05) is 11.1 Å². The number of thioether (sulfide) groups is 1. The number of aromatic nitrogens is 1. The number of esters is 1. The van der Waals surface area contributed by atoms with Crippen LogP contribution >= 0.6 is 11.8 Å². The maximum atomic E-state index is 11.9. The monoisotopic (exact) mass is 351 g/mol. The van der Waals surface area contributed by atoms with Crippen LogP contribution in [0.15, 0.2) is 59.6 Å². The minimum atomic E-state index is -0.277. The van der Waals surface area contributed by atoms with Gasteiger partial charge in [-0.15, -0.1) is 11.8 Å². The van der Waals surface area contributed by atoms with Crippen LogP contribution in [0.25, 0.3) is 10.9 Å². The molecule has 4 heteroatoms. The molecular formula is C21H21NO2S. The van der Waals surface area contributed by atoms with Gasteiger partial charge in [-0.05, 0) is 56.2 Å². The predicted octanol–water partition coefficient (Wildman–Crippen LogP) is 5.40. The summed E-state index contributed by atoms with van der Waals surface area (Å²) in [6.07, 6.45) is -0.107. The van der Waals surface area contributed by atoms with Crippen LogP contribution in [0.5, 0.6) is 0 Å². The number of pyridine rings is 1. The average Bonchev–Trinajstić information content (AvgIpc) is 2.60. The number of benzene rings is 2. The van der Waals surface area contributed by atoms with Crippen molar-refractivity contribution in [3.05, 3.63) is 71.3 Å². The molecule has 25 heavy (non-hydrogen) atoms. The summed E-state index contributed by atoms with van der Waals surface area (Å²) in [6.45, 7) is 5.81. The first-order chi connectivity index (χ1) is 12.0. The number of ether oxygens (including phenoxy) is 1. The molecule has 3 rings (SSSR count). The van der Waals surface area contributed by atoms with Gasteiger partial charge in [0.1, 0.15) is 0 Å². The third-order valence-corrected chi connectivity index (χ3v) is 4.80. The Bertz CT molecular complexity index is 888. The lowest BCUT2D eigenvalue weighted by molar-refractivity contribution is 0.0378. The van der Waals surface area contributed by atoms with Crippen molar-refractivity contribution in [1.29, 1.82) is 0 Å². The number of nitrogens with zero attached hydrogens (tertiary/aromatic N) is 1. The van der Waals surface area contributed by atoms with E-state index in [4.69, 9.17) is 9.72 Å². The third kappa shape index (κ3) is 4.40. The smallest absolute Gasteiger partial charge is 0.338 e. The number of carbonyl (C=O) groups excluding carboxylic acids is 1. The zero-order valence-corrected chi connectivity index (χ0v) is 15.5. The van der Waals surface area contributed by atoms with Crippen LogP contribution in [0.3, 0.4) is 0 Å². The first-order valence-electron chi connectivity index (χ1n) is 8.32. The molecule has 0 aliphatic heterocycles. The Hall–Kier alpha value is -2.33. The molecule has 3 nitrogen and oxygen atoms in total.